The van der Waals surface area contributed by atoms with E-state index in [-0.39, 0.29) is 18.4 Å². The number of carbonyl (C=O) groups excluding carboxylic acids is 1. The molecule has 0 saturated carbocycles. The van der Waals surface area contributed by atoms with Gasteiger partial charge in [-0.05, 0) is 24.7 Å². The highest BCUT2D eigenvalue weighted by atomic mass is 16.4. The van der Waals surface area contributed by atoms with E-state index < -0.39 is 5.97 Å². The van der Waals surface area contributed by atoms with E-state index in [9.17, 15) is 9.59 Å². The number of amides is 2. The highest BCUT2D eigenvalue weighted by molar-refractivity contribution is 5.74. The lowest BCUT2D eigenvalue weighted by molar-refractivity contribution is -0.138. The van der Waals surface area contributed by atoms with Crippen LogP contribution in [-0.2, 0) is 4.79 Å². The van der Waals surface area contributed by atoms with Crippen LogP contribution in [0.25, 0.3) is 0 Å². The Balaban J connectivity index is 2.37. The molecule has 5 nitrogen and oxygen atoms in total. The molecule has 0 aromatic carbocycles. The van der Waals surface area contributed by atoms with Crippen molar-refractivity contribution in [1.29, 1.82) is 0 Å². The Morgan fingerprint density at radius 3 is 2.67 bits per heavy atom. The molecule has 0 radical (unpaired) electrons. The molecule has 1 aliphatic heterocycles. The number of likely N-dealkylation sites (tertiary alicyclic amines) is 1. The molecule has 1 rings (SSSR count). The van der Waals surface area contributed by atoms with Crippen molar-refractivity contribution in [3.05, 3.63) is 0 Å². The first-order valence-corrected chi connectivity index (χ1v) is 6.62. The molecule has 0 aliphatic carbocycles. The standard InChI is InChI=1S/C13H24N2O3/c1-10(2)4-6-14(3)13(18)15-7-5-11(9-15)8-12(16)17/h10-11H,4-9H2,1-3H3,(H,16,17). The van der Waals surface area contributed by atoms with Gasteiger partial charge in [0.2, 0.25) is 0 Å². The summed E-state index contributed by atoms with van der Waals surface area (Å²) in [6.07, 6.45) is 1.96. The highest BCUT2D eigenvalue weighted by Crippen LogP contribution is 2.20. The molecule has 1 saturated heterocycles. The SMILES string of the molecule is CC(C)CCN(C)C(=O)N1CCC(CC(=O)O)C1. The molecule has 1 fully saturated rings. The number of aliphatic carboxylic acids is 1. The first-order valence-electron chi connectivity index (χ1n) is 6.62. The van der Waals surface area contributed by atoms with Gasteiger partial charge in [0.05, 0.1) is 0 Å². The summed E-state index contributed by atoms with van der Waals surface area (Å²) in [5.74, 6) is -0.0778. The van der Waals surface area contributed by atoms with Crippen LogP contribution in [0.3, 0.4) is 0 Å². The van der Waals surface area contributed by atoms with Crippen molar-refractivity contribution >= 4 is 12.0 Å². The lowest BCUT2D eigenvalue weighted by Gasteiger charge is -2.25. The van der Waals surface area contributed by atoms with Crippen LogP contribution in [0.4, 0.5) is 4.79 Å². The fraction of sp³-hybridized carbons (Fsp3) is 0.846. The van der Waals surface area contributed by atoms with Crippen LogP contribution in [0.1, 0.15) is 33.1 Å². The second-order valence-corrected chi connectivity index (χ2v) is 5.59. The Kier molecular flexibility index (Phi) is 5.44. The summed E-state index contributed by atoms with van der Waals surface area (Å²) < 4.78 is 0. The minimum Gasteiger partial charge on any atom is -0.481 e. The molecule has 1 unspecified atom stereocenters. The van der Waals surface area contributed by atoms with Crippen LogP contribution >= 0.6 is 0 Å². The summed E-state index contributed by atoms with van der Waals surface area (Å²) in [5.41, 5.74) is 0. The van der Waals surface area contributed by atoms with Gasteiger partial charge in [-0.15, -0.1) is 0 Å². The third-order valence-electron chi connectivity index (χ3n) is 3.39. The fourth-order valence-corrected chi connectivity index (χ4v) is 2.21. The molecule has 0 aromatic heterocycles. The average Bonchev–Trinajstić information content (AvgIpc) is 2.72. The zero-order chi connectivity index (χ0) is 13.7. The van der Waals surface area contributed by atoms with Gasteiger partial charge in [0.25, 0.3) is 0 Å². The third-order valence-corrected chi connectivity index (χ3v) is 3.39. The van der Waals surface area contributed by atoms with Crippen molar-refractivity contribution in [3.63, 3.8) is 0 Å². The molecule has 0 bridgehead atoms. The van der Waals surface area contributed by atoms with Crippen LogP contribution in [0.15, 0.2) is 0 Å². The van der Waals surface area contributed by atoms with Gasteiger partial charge in [0.15, 0.2) is 0 Å². The van der Waals surface area contributed by atoms with Crippen molar-refractivity contribution in [1.82, 2.24) is 9.80 Å². The first-order chi connectivity index (χ1) is 8.40. The Labute approximate surface area is 109 Å². The monoisotopic (exact) mass is 256 g/mol. The summed E-state index contributed by atoms with van der Waals surface area (Å²) in [5, 5.41) is 8.74. The van der Waals surface area contributed by atoms with E-state index in [4.69, 9.17) is 5.11 Å². The minimum atomic E-state index is -0.775. The summed E-state index contributed by atoms with van der Waals surface area (Å²) in [6, 6.07) is 0.0311. The molecular weight excluding hydrogens is 232 g/mol. The Morgan fingerprint density at radius 1 is 1.44 bits per heavy atom. The lowest BCUT2D eigenvalue weighted by Crippen LogP contribution is -2.40. The highest BCUT2D eigenvalue weighted by Gasteiger charge is 2.29. The maximum Gasteiger partial charge on any atom is 0.319 e. The summed E-state index contributed by atoms with van der Waals surface area (Å²) in [7, 11) is 1.81. The van der Waals surface area contributed by atoms with E-state index >= 15 is 0 Å². The van der Waals surface area contributed by atoms with Crippen molar-refractivity contribution in [2.45, 2.75) is 33.1 Å². The van der Waals surface area contributed by atoms with E-state index in [2.05, 4.69) is 13.8 Å². The predicted octanol–water partition coefficient (Wildman–Crippen LogP) is 1.88. The van der Waals surface area contributed by atoms with Gasteiger partial charge in [0, 0.05) is 33.1 Å². The largest absolute Gasteiger partial charge is 0.481 e. The Morgan fingerprint density at radius 2 is 2.11 bits per heavy atom. The van der Waals surface area contributed by atoms with Crippen LogP contribution in [0.2, 0.25) is 0 Å². The first kappa shape index (κ1) is 14.8. The minimum absolute atomic E-state index is 0.0311. The van der Waals surface area contributed by atoms with Gasteiger partial charge in [0.1, 0.15) is 0 Å². The van der Waals surface area contributed by atoms with Crippen LogP contribution in [0.5, 0.6) is 0 Å². The van der Waals surface area contributed by atoms with Gasteiger partial charge < -0.3 is 14.9 Å². The number of rotatable bonds is 5. The number of hydrogen-bond donors (Lipinski definition) is 1. The summed E-state index contributed by atoms with van der Waals surface area (Å²) >= 11 is 0. The summed E-state index contributed by atoms with van der Waals surface area (Å²) in [4.78, 5) is 26.2. The van der Waals surface area contributed by atoms with Gasteiger partial charge in [-0.2, -0.15) is 0 Å². The smallest absolute Gasteiger partial charge is 0.319 e. The molecule has 0 aromatic rings. The van der Waals surface area contributed by atoms with E-state index in [1.807, 2.05) is 7.05 Å². The predicted molar refractivity (Wildman–Crippen MR) is 69.4 cm³/mol. The molecule has 2 amide bonds. The number of urea groups is 1. The van der Waals surface area contributed by atoms with Crippen LogP contribution in [0, 0.1) is 11.8 Å². The molecule has 1 aliphatic rings. The van der Waals surface area contributed by atoms with Gasteiger partial charge in [-0.1, -0.05) is 13.8 Å². The molecule has 1 heterocycles. The topological polar surface area (TPSA) is 60.9 Å². The molecule has 0 spiro atoms. The fourth-order valence-electron chi connectivity index (χ4n) is 2.21. The van der Waals surface area contributed by atoms with E-state index in [1.165, 1.54) is 0 Å². The molecule has 1 atom stereocenters. The summed E-state index contributed by atoms with van der Waals surface area (Å²) in [6.45, 7) is 6.30. The van der Waals surface area contributed by atoms with Gasteiger partial charge in [-0.3, -0.25) is 4.79 Å². The molecular formula is C13H24N2O3. The third kappa shape index (κ3) is 4.55. The lowest BCUT2D eigenvalue weighted by atomic mass is 10.1. The maximum atomic E-state index is 12.1. The van der Waals surface area contributed by atoms with Crippen molar-refractivity contribution in [3.8, 4) is 0 Å². The van der Waals surface area contributed by atoms with Crippen LogP contribution < -0.4 is 0 Å². The molecule has 18 heavy (non-hydrogen) atoms. The van der Waals surface area contributed by atoms with E-state index in [0.29, 0.717) is 19.0 Å². The van der Waals surface area contributed by atoms with Crippen LogP contribution in [-0.4, -0.2) is 53.6 Å². The number of hydrogen-bond acceptors (Lipinski definition) is 2. The van der Waals surface area contributed by atoms with Gasteiger partial charge in [-0.25, -0.2) is 4.79 Å². The zero-order valence-electron chi connectivity index (χ0n) is 11.6. The average molecular weight is 256 g/mol. The van der Waals surface area contributed by atoms with E-state index in [1.54, 1.807) is 9.80 Å². The normalized spacial score (nSPS) is 19.3. The second kappa shape index (κ2) is 6.61. The Hall–Kier alpha value is -1.26. The maximum absolute atomic E-state index is 12.1. The number of carboxylic acids is 1. The molecule has 1 N–H and O–H groups in total. The van der Waals surface area contributed by atoms with Crippen molar-refractivity contribution < 1.29 is 14.7 Å². The number of carbonyl (C=O) groups is 2. The molecule has 5 heteroatoms. The molecule has 104 valence electrons. The second-order valence-electron chi connectivity index (χ2n) is 5.59. The zero-order valence-corrected chi connectivity index (χ0v) is 11.6. The van der Waals surface area contributed by atoms with Gasteiger partial charge >= 0.3 is 12.0 Å². The number of nitrogens with zero attached hydrogens (tertiary/aromatic N) is 2. The van der Waals surface area contributed by atoms with E-state index in [0.717, 1.165) is 19.4 Å². The Bertz CT molecular complexity index is 305. The number of carboxylic acid groups (broad SMARTS) is 1. The van der Waals surface area contributed by atoms with Crippen molar-refractivity contribution in [2.75, 3.05) is 26.7 Å². The van der Waals surface area contributed by atoms with Crippen molar-refractivity contribution in [2.24, 2.45) is 11.8 Å². The quantitative estimate of drug-likeness (QED) is 0.817.